The Morgan fingerprint density at radius 3 is 2.37 bits per heavy atom. The van der Waals surface area contributed by atoms with Gasteiger partial charge in [-0.05, 0) is 31.9 Å². The third-order valence-corrected chi connectivity index (χ3v) is 8.06. The second-order valence-electron chi connectivity index (χ2n) is 12.5. The summed E-state index contributed by atoms with van der Waals surface area (Å²) >= 11 is 0. The monoisotopic (exact) mass is 732 g/mol. The van der Waals surface area contributed by atoms with Crippen LogP contribution in [0, 0.1) is 11.8 Å². The Balaban J connectivity index is 1.97. The van der Waals surface area contributed by atoms with Gasteiger partial charge >= 0.3 is 6.09 Å². The number of carbonyl (C=O) groups excluding carboxylic acids is 8. The molecule has 7 amide bonds. The minimum atomic E-state index is -0.770. The number of unbranched alkanes of at least 4 members (excludes halogenated alkanes) is 1. The van der Waals surface area contributed by atoms with Gasteiger partial charge in [0.2, 0.25) is 35.4 Å². The number of Topliss-reactive ketones (excluding diaryl/α,β-unsaturated/α-hetero) is 1. The number of likely N-dealkylation sites (tertiary alicyclic amines) is 1. The third-order valence-electron chi connectivity index (χ3n) is 8.06. The number of hydrogen-bond acceptors (Lipinski definition) is 11. The number of alkyl carbamates (subject to hydrolysis) is 1. The summed E-state index contributed by atoms with van der Waals surface area (Å²) in [6, 6.07) is 4.03. The van der Waals surface area contributed by atoms with Crippen LogP contribution in [0.3, 0.4) is 0 Å². The number of carbonyl (C=O) groups is 8. The van der Waals surface area contributed by atoms with E-state index >= 15 is 0 Å². The van der Waals surface area contributed by atoms with E-state index in [1.165, 1.54) is 20.9 Å². The Labute approximate surface area is 303 Å². The van der Waals surface area contributed by atoms with E-state index in [0.717, 1.165) is 4.90 Å². The standard InChI is InChI=1S/C35H52N6O11/c1-22-18-32(46)41(34(22)48)14-11-31(45)38-13-15-50-16-17-51-30-20-28(10-9-27(30)21-52-35(49)36-5)40-33(47)26(8-6-7-12-37-24(3)42)19-29(44)23(2)39-25(4)43/h9-10,20,22-23,26H,6-8,11-19,21H2,1-5H3,(H,36,49)(H,37,42)(H,38,45)(H,39,43)(H,40,47)/t22?,23-,26+/m0/s1. The number of benzene rings is 1. The van der Waals surface area contributed by atoms with Gasteiger partial charge in [-0.3, -0.25) is 38.5 Å². The first-order chi connectivity index (χ1) is 24.7. The molecule has 1 saturated heterocycles. The Kier molecular flexibility index (Phi) is 18.8. The number of rotatable bonds is 23. The quantitative estimate of drug-likeness (QED) is 0.0793. The van der Waals surface area contributed by atoms with Crippen molar-refractivity contribution in [3.05, 3.63) is 23.8 Å². The minimum absolute atomic E-state index is 0.00700. The van der Waals surface area contributed by atoms with E-state index in [0.29, 0.717) is 42.8 Å². The Morgan fingerprint density at radius 2 is 1.71 bits per heavy atom. The van der Waals surface area contributed by atoms with Crippen molar-refractivity contribution in [3.8, 4) is 5.75 Å². The zero-order valence-corrected chi connectivity index (χ0v) is 30.6. The van der Waals surface area contributed by atoms with Crippen molar-refractivity contribution >= 4 is 53.0 Å². The molecule has 5 N–H and O–H groups in total. The number of imide groups is 1. The van der Waals surface area contributed by atoms with Crippen LogP contribution in [-0.4, -0.2) is 105 Å². The molecular weight excluding hydrogens is 680 g/mol. The van der Waals surface area contributed by atoms with Gasteiger partial charge in [-0.15, -0.1) is 0 Å². The normalized spacial score (nSPS) is 14.9. The molecule has 1 aliphatic rings. The van der Waals surface area contributed by atoms with E-state index in [1.807, 2.05) is 0 Å². The molecule has 0 bridgehead atoms. The van der Waals surface area contributed by atoms with Crippen LogP contribution in [0.5, 0.6) is 5.75 Å². The number of nitrogens with zero attached hydrogens (tertiary/aromatic N) is 1. The second-order valence-corrected chi connectivity index (χ2v) is 12.5. The van der Waals surface area contributed by atoms with Gasteiger partial charge in [-0.1, -0.05) is 13.3 Å². The fourth-order valence-electron chi connectivity index (χ4n) is 5.22. The maximum atomic E-state index is 13.5. The first-order valence-electron chi connectivity index (χ1n) is 17.4. The van der Waals surface area contributed by atoms with Gasteiger partial charge in [-0.25, -0.2) is 4.79 Å². The topological polar surface area (TPSA) is 228 Å². The molecule has 0 aliphatic carbocycles. The molecule has 0 aromatic heterocycles. The maximum absolute atomic E-state index is 13.5. The summed E-state index contributed by atoms with van der Waals surface area (Å²) in [5.74, 6) is -2.88. The average molecular weight is 733 g/mol. The van der Waals surface area contributed by atoms with Crippen molar-refractivity contribution < 1.29 is 52.6 Å². The van der Waals surface area contributed by atoms with Gasteiger partial charge in [-0.2, -0.15) is 0 Å². The third kappa shape index (κ3) is 15.9. The lowest BCUT2D eigenvalue weighted by Crippen LogP contribution is -2.39. The van der Waals surface area contributed by atoms with E-state index in [2.05, 4.69) is 26.6 Å². The summed E-state index contributed by atoms with van der Waals surface area (Å²) < 4.78 is 16.6. The van der Waals surface area contributed by atoms with E-state index < -0.39 is 24.0 Å². The number of ether oxygens (including phenoxy) is 3. The first kappa shape index (κ1) is 43.1. The van der Waals surface area contributed by atoms with Crippen molar-refractivity contribution in [1.82, 2.24) is 26.2 Å². The number of amides is 7. The number of nitrogens with one attached hydrogen (secondary N) is 5. The molecule has 0 spiro atoms. The van der Waals surface area contributed by atoms with Gasteiger partial charge in [0.05, 0.1) is 19.3 Å². The molecule has 0 saturated carbocycles. The number of anilines is 1. The van der Waals surface area contributed by atoms with E-state index in [1.54, 1.807) is 32.0 Å². The largest absolute Gasteiger partial charge is 0.491 e. The second kappa shape index (κ2) is 22.7. The lowest BCUT2D eigenvalue weighted by Gasteiger charge is -2.20. The van der Waals surface area contributed by atoms with Crippen LogP contribution in [0.1, 0.15) is 71.8 Å². The minimum Gasteiger partial charge on any atom is -0.491 e. The van der Waals surface area contributed by atoms with E-state index in [-0.39, 0.29) is 100 Å². The van der Waals surface area contributed by atoms with E-state index in [9.17, 15) is 38.4 Å². The van der Waals surface area contributed by atoms with Crippen LogP contribution in [0.2, 0.25) is 0 Å². The first-order valence-corrected chi connectivity index (χ1v) is 17.4. The summed E-state index contributed by atoms with van der Waals surface area (Å²) in [6.45, 7) is 6.87. The van der Waals surface area contributed by atoms with Crippen LogP contribution >= 0.6 is 0 Å². The molecule has 17 nitrogen and oxygen atoms in total. The lowest BCUT2D eigenvalue weighted by molar-refractivity contribution is -0.139. The average Bonchev–Trinajstić information content (AvgIpc) is 3.33. The van der Waals surface area contributed by atoms with Crippen LogP contribution in [0.25, 0.3) is 0 Å². The molecule has 17 heteroatoms. The Morgan fingerprint density at radius 1 is 0.962 bits per heavy atom. The molecule has 3 atom stereocenters. The van der Waals surface area contributed by atoms with Gasteiger partial charge in [0.15, 0.2) is 5.78 Å². The van der Waals surface area contributed by atoms with Gasteiger partial charge in [0.1, 0.15) is 19.0 Å². The maximum Gasteiger partial charge on any atom is 0.407 e. The summed E-state index contributed by atoms with van der Waals surface area (Å²) in [4.78, 5) is 97.8. The highest BCUT2D eigenvalue weighted by Gasteiger charge is 2.35. The van der Waals surface area contributed by atoms with Crippen molar-refractivity contribution in [3.63, 3.8) is 0 Å². The summed E-state index contributed by atoms with van der Waals surface area (Å²) in [5, 5.41) is 13.1. The molecule has 1 unspecified atom stereocenters. The highest BCUT2D eigenvalue weighted by Crippen LogP contribution is 2.26. The predicted octanol–water partition coefficient (Wildman–Crippen LogP) is 1.18. The zero-order chi connectivity index (χ0) is 38.6. The molecular formula is C35H52N6O11. The van der Waals surface area contributed by atoms with E-state index in [4.69, 9.17) is 14.2 Å². The molecule has 1 fully saturated rings. The van der Waals surface area contributed by atoms with Crippen LogP contribution in [0.4, 0.5) is 10.5 Å². The molecule has 288 valence electrons. The SMILES string of the molecule is CNC(=O)OCc1ccc(NC(=O)[C@H](CCCCNC(C)=O)CC(=O)[C@H](C)NC(C)=O)cc1OCCOCCNC(=O)CCN1C(=O)CC(C)C1=O. The smallest absolute Gasteiger partial charge is 0.407 e. The highest BCUT2D eigenvalue weighted by molar-refractivity contribution is 6.03. The summed E-state index contributed by atoms with van der Waals surface area (Å²) in [7, 11) is 1.42. The van der Waals surface area contributed by atoms with Crippen molar-refractivity contribution in [2.24, 2.45) is 11.8 Å². The highest BCUT2D eigenvalue weighted by atomic mass is 16.6. The van der Waals surface area contributed by atoms with Crippen LogP contribution < -0.4 is 31.3 Å². The predicted molar refractivity (Wildman–Crippen MR) is 188 cm³/mol. The zero-order valence-electron chi connectivity index (χ0n) is 30.6. The molecule has 52 heavy (non-hydrogen) atoms. The van der Waals surface area contributed by atoms with Crippen molar-refractivity contribution in [2.75, 3.05) is 51.8 Å². The molecule has 1 aromatic rings. The fraction of sp³-hybridized carbons (Fsp3) is 0.600. The van der Waals surface area contributed by atoms with Gasteiger partial charge in [0.25, 0.3) is 0 Å². The molecule has 1 aromatic carbocycles. The number of ketones is 1. The Bertz CT molecular complexity index is 1440. The molecule has 1 aliphatic heterocycles. The summed E-state index contributed by atoms with van der Waals surface area (Å²) in [6.07, 6.45) is 0.922. The summed E-state index contributed by atoms with van der Waals surface area (Å²) in [5.41, 5.74) is 0.872. The lowest BCUT2D eigenvalue weighted by atomic mass is 9.92. The molecule has 1 heterocycles. The fourth-order valence-corrected chi connectivity index (χ4v) is 5.22. The van der Waals surface area contributed by atoms with Gasteiger partial charge in [0, 0.05) is 88.9 Å². The van der Waals surface area contributed by atoms with Crippen molar-refractivity contribution in [2.45, 2.75) is 78.9 Å². The molecule has 0 radical (unpaired) electrons. The number of hydrogen-bond donors (Lipinski definition) is 5. The van der Waals surface area contributed by atoms with Crippen molar-refractivity contribution in [1.29, 1.82) is 0 Å². The van der Waals surface area contributed by atoms with Gasteiger partial charge < -0.3 is 40.8 Å². The van der Waals surface area contributed by atoms with Crippen LogP contribution in [-0.2, 0) is 49.6 Å². The molecule has 2 rings (SSSR count). The Hall–Kier alpha value is -5.06. The van der Waals surface area contributed by atoms with Crippen LogP contribution in [0.15, 0.2) is 18.2 Å².